The molecule has 0 radical (unpaired) electrons. The van der Waals surface area contributed by atoms with Gasteiger partial charge in [-0.2, -0.15) is 0 Å². The monoisotopic (exact) mass is 175 g/mol. The summed E-state index contributed by atoms with van der Waals surface area (Å²) < 4.78 is 5.30. The van der Waals surface area contributed by atoms with Crippen LogP contribution in [0.4, 0.5) is 0 Å². The molecule has 0 aliphatic rings. The molecule has 0 amide bonds. The van der Waals surface area contributed by atoms with Crippen LogP contribution in [0.25, 0.3) is 11.1 Å². The van der Waals surface area contributed by atoms with Crippen LogP contribution in [0, 0.1) is 6.92 Å². The van der Waals surface area contributed by atoms with Gasteiger partial charge in [0.05, 0.1) is 0 Å². The molecule has 3 heteroatoms. The number of fused-ring (bicyclic) bond motifs is 1. The zero-order valence-electron chi connectivity index (χ0n) is 7.28. The van der Waals surface area contributed by atoms with Crippen LogP contribution in [0.3, 0.4) is 0 Å². The lowest BCUT2D eigenvalue weighted by Crippen LogP contribution is -1.84. The highest BCUT2D eigenvalue weighted by Crippen LogP contribution is 2.16. The number of aromatic nitrogens is 1. The normalized spacial score (nSPS) is 10.5. The lowest BCUT2D eigenvalue weighted by atomic mass is 10.1. The van der Waals surface area contributed by atoms with Gasteiger partial charge < -0.3 is 9.21 Å². The summed E-state index contributed by atoms with van der Waals surface area (Å²) in [6.07, 6.45) is 1.32. The number of hydrogen-bond acceptors (Lipinski definition) is 3. The van der Waals surface area contributed by atoms with E-state index in [1.54, 1.807) is 6.92 Å². The molecule has 1 aromatic carbocycles. The molecule has 0 spiro atoms. The molecule has 2 aromatic rings. The molecule has 0 fully saturated rings. The summed E-state index contributed by atoms with van der Waals surface area (Å²) >= 11 is 0. The molecule has 1 heterocycles. The van der Waals surface area contributed by atoms with E-state index >= 15 is 0 Å². The molecule has 0 unspecified atom stereocenters. The topological polar surface area (TPSA) is 43.1 Å². The number of carbonyl (C=O) groups is 1. The van der Waals surface area contributed by atoms with Crippen LogP contribution in [0.15, 0.2) is 22.6 Å². The van der Waals surface area contributed by atoms with Gasteiger partial charge in [-0.1, -0.05) is 6.07 Å². The Morgan fingerprint density at radius 1 is 1.54 bits per heavy atom. The van der Waals surface area contributed by atoms with E-state index in [0.717, 1.165) is 22.9 Å². The van der Waals surface area contributed by atoms with Crippen LogP contribution in [0.5, 0.6) is 0 Å². The highest BCUT2D eigenvalue weighted by molar-refractivity contribution is 5.74. The second-order valence-corrected chi connectivity index (χ2v) is 2.91. The maximum absolute atomic E-state index is 10.3. The summed E-state index contributed by atoms with van der Waals surface area (Å²) in [7, 11) is 0. The van der Waals surface area contributed by atoms with Gasteiger partial charge in [-0.3, -0.25) is 0 Å². The minimum absolute atomic E-state index is 0.432. The number of benzene rings is 1. The van der Waals surface area contributed by atoms with E-state index in [4.69, 9.17) is 4.42 Å². The average molecular weight is 175 g/mol. The highest BCUT2D eigenvalue weighted by atomic mass is 16.3. The fourth-order valence-corrected chi connectivity index (χ4v) is 1.31. The van der Waals surface area contributed by atoms with Crippen molar-refractivity contribution in [3.8, 4) is 0 Å². The number of aryl methyl sites for hydroxylation is 1. The van der Waals surface area contributed by atoms with Gasteiger partial charge in [0.15, 0.2) is 11.5 Å². The average Bonchev–Trinajstić information content (AvgIpc) is 2.44. The van der Waals surface area contributed by atoms with Crippen molar-refractivity contribution >= 4 is 17.4 Å². The van der Waals surface area contributed by atoms with E-state index in [0.29, 0.717) is 12.3 Å². The Bertz CT molecular complexity index is 445. The van der Waals surface area contributed by atoms with Gasteiger partial charge in [-0.05, 0) is 17.7 Å². The van der Waals surface area contributed by atoms with Gasteiger partial charge in [-0.25, -0.2) is 4.98 Å². The number of rotatable bonds is 2. The van der Waals surface area contributed by atoms with Crippen LogP contribution in [-0.4, -0.2) is 11.3 Å². The third kappa shape index (κ3) is 1.45. The van der Waals surface area contributed by atoms with Gasteiger partial charge in [0.2, 0.25) is 0 Å². The standard InChI is InChI=1S/C10H9NO2/c1-7-11-9-6-8(4-5-12)2-3-10(9)13-7/h2-3,5-6H,4H2,1H3. The summed E-state index contributed by atoms with van der Waals surface area (Å²) in [5.41, 5.74) is 2.56. The maximum Gasteiger partial charge on any atom is 0.192 e. The predicted molar refractivity (Wildman–Crippen MR) is 48.5 cm³/mol. The number of carbonyl (C=O) groups excluding carboxylic acids is 1. The number of hydrogen-bond donors (Lipinski definition) is 0. The Hall–Kier alpha value is -1.64. The van der Waals surface area contributed by atoms with E-state index in [1.807, 2.05) is 18.2 Å². The smallest absolute Gasteiger partial charge is 0.192 e. The van der Waals surface area contributed by atoms with Crippen molar-refractivity contribution in [3.63, 3.8) is 0 Å². The third-order valence-corrected chi connectivity index (χ3v) is 1.88. The first-order valence-electron chi connectivity index (χ1n) is 4.09. The van der Waals surface area contributed by atoms with Crippen LogP contribution in [0.1, 0.15) is 11.5 Å². The zero-order chi connectivity index (χ0) is 9.26. The minimum atomic E-state index is 0.432. The molecular formula is C10H9NO2. The number of nitrogens with zero attached hydrogens (tertiary/aromatic N) is 1. The molecule has 0 bridgehead atoms. The van der Waals surface area contributed by atoms with Crippen LogP contribution in [-0.2, 0) is 11.2 Å². The molecule has 0 atom stereocenters. The third-order valence-electron chi connectivity index (χ3n) is 1.88. The van der Waals surface area contributed by atoms with Crippen molar-refractivity contribution in [2.75, 3.05) is 0 Å². The van der Waals surface area contributed by atoms with Crippen LogP contribution in [0.2, 0.25) is 0 Å². The molecule has 1 aromatic heterocycles. The fraction of sp³-hybridized carbons (Fsp3) is 0.200. The maximum atomic E-state index is 10.3. The van der Waals surface area contributed by atoms with E-state index in [9.17, 15) is 4.79 Å². The Labute approximate surface area is 75.4 Å². The molecule has 0 N–H and O–H groups in total. The van der Waals surface area contributed by atoms with Crippen molar-refractivity contribution < 1.29 is 9.21 Å². The number of oxazole rings is 1. The highest BCUT2D eigenvalue weighted by Gasteiger charge is 2.02. The van der Waals surface area contributed by atoms with Gasteiger partial charge in [0, 0.05) is 13.3 Å². The van der Waals surface area contributed by atoms with Crippen molar-refractivity contribution in [1.29, 1.82) is 0 Å². The molecule has 66 valence electrons. The first-order valence-corrected chi connectivity index (χ1v) is 4.09. The number of aldehydes is 1. The molecule has 0 aliphatic heterocycles. The van der Waals surface area contributed by atoms with E-state index in [-0.39, 0.29) is 0 Å². The SMILES string of the molecule is Cc1nc2cc(CC=O)ccc2o1. The second kappa shape index (κ2) is 3.01. The van der Waals surface area contributed by atoms with Crippen LogP contribution >= 0.6 is 0 Å². The van der Waals surface area contributed by atoms with Crippen molar-refractivity contribution in [3.05, 3.63) is 29.7 Å². The first kappa shape index (κ1) is 7.98. The molecule has 2 rings (SSSR count). The van der Waals surface area contributed by atoms with Gasteiger partial charge >= 0.3 is 0 Å². The van der Waals surface area contributed by atoms with Gasteiger partial charge in [0.1, 0.15) is 11.8 Å². The van der Waals surface area contributed by atoms with Gasteiger partial charge in [-0.15, -0.1) is 0 Å². The molecule has 0 aliphatic carbocycles. The van der Waals surface area contributed by atoms with Crippen molar-refractivity contribution in [2.45, 2.75) is 13.3 Å². The quantitative estimate of drug-likeness (QED) is 0.654. The van der Waals surface area contributed by atoms with Crippen molar-refractivity contribution in [1.82, 2.24) is 4.98 Å². The molecule has 3 nitrogen and oxygen atoms in total. The van der Waals surface area contributed by atoms with E-state index < -0.39 is 0 Å². The summed E-state index contributed by atoms with van der Waals surface area (Å²) in [6.45, 7) is 1.80. The largest absolute Gasteiger partial charge is 0.441 e. The molecule has 0 saturated carbocycles. The van der Waals surface area contributed by atoms with E-state index in [2.05, 4.69) is 4.98 Å². The lowest BCUT2D eigenvalue weighted by molar-refractivity contribution is -0.107. The summed E-state index contributed by atoms with van der Waals surface area (Å²) in [5.74, 6) is 0.651. The summed E-state index contributed by atoms with van der Waals surface area (Å²) in [5, 5.41) is 0. The summed E-state index contributed by atoms with van der Waals surface area (Å²) in [6, 6.07) is 5.59. The Morgan fingerprint density at radius 2 is 2.38 bits per heavy atom. The zero-order valence-corrected chi connectivity index (χ0v) is 7.28. The Morgan fingerprint density at radius 3 is 3.15 bits per heavy atom. The Kier molecular flexibility index (Phi) is 1.85. The Balaban J connectivity index is 2.54. The van der Waals surface area contributed by atoms with Crippen molar-refractivity contribution in [2.24, 2.45) is 0 Å². The predicted octanol–water partition coefficient (Wildman–Crippen LogP) is 1.88. The van der Waals surface area contributed by atoms with Gasteiger partial charge in [0.25, 0.3) is 0 Å². The molecular weight excluding hydrogens is 166 g/mol. The second-order valence-electron chi connectivity index (χ2n) is 2.91. The molecule has 0 saturated heterocycles. The fourth-order valence-electron chi connectivity index (χ4n) is 1.31. The summed E-state index contributed by atoms with van der Waals surface area (Å²) in [4.78, 5) is 14.4. The van der Waals surface area contributed by atoms with Crippen LogP contribution < -0.4 is 0 Å². The molecule has 13 heavy (non-hydrogen) atoms. The minimum Gasteiger partial charge on any atom is -0.441 e. The van der Waals surface area contributed by atoms with E-state index in [1.165, 1.54) is 0 Å². The first-order chi connectivity index (χ1) is 6.29. The lowest BCUT2D eigenvalue weighted by Gasteiger charge is -1.92.